The second kappa shape index (κ2) is 27.3. The summed E-state index contributed by atoms with van der Waals surface area (Å²) < 4.78 is 15.3. The minimum absolute atomic E-state index is 0. The van der Waals surface area contributed by atoms with E-state index in [1.165, 1.54) is 0 Å². The van der Waals surface area contributed by atoms with Crippen LogP contribution in [0, 0.1) is 23.7 Å². The minimum Gasteiger partial charge on any atom is -0.363 e. The summed E-state index contributed by atoms with van der Waals surface area (Å²) in [6.45, 7) is 21.2. The summed E-state index contributed by atoms with van der Waals surface area (Å²) in [5.74, 6) is 10.0. The van der Waals surface area contributed by atoms with Gasteiger partial charge in [-0.25, -0.2) is 9.36 Å². The van der Waals surface area contributed by atoms with E-state index < -0.39 is 36.4 Å². The van der Waals surface area contributed by atoms with Crippen LogP contribution in [0.4, 0.5) is 0 Å². The maximum atomic E-state index is 14.2. The van der Waals surface area contributed by atoms with Crippen molar-refractivity contribution >= 4 is 72.0 Å². The van der Waals surface area contributed by atoms with E-state index in [9.17, 15) is 19.2 Å². The Balaban J connectivity index is 0.00000748. The lowest BCUT2D eigenvalue weighted by atomic mass is 10.1. The van der Waals surface area contributed by atoms with Crippen molar-refractivity contribution in [1.82, 2.24) is 71.5 Å². The highest BCUT2D eigenvalue weighted by Gasteiger charge is 2.40. The highest BCUT2D eigenvalue weighted by atomic mass is 35.5. The lowest BCUT2D eigenvalue weighted by molar-refractivity contribution is -0.142. The smallest absolute Gasteiger partial charge is 0.248 e. The van der Waals surface area contributed by atoms with Crippen LogP contribution in [0.5, 0.6) is 0 Å². The van der Waals surface area contributed by atoms with E-state index in [4.69, 9.17) is 9.47 Å². The minimum atomic E-state index is -0.975. The highest BCUT2D eigenvalue weighted by Crippen LogP contribution is 2.32. The van der Waals surface area contributed by atoms with E-state index in [2.05, 4.69) is 118 Å². The molecule has 0 radical (unpaired) electrons. The van der Waals surface area contributed by atoms with Gasteiger partial charge in [0.15, 0.2) is 0 Å². The molecule has 0 bridgehead atoms. The quantitative estimate of drug-likeness (QED) is 0.110. The van der Waals surface area contributed by atoms with Crippen molar-refractivity contribution in [3.8, 4) is 23.7 Å². The zero-order valence-electron chi connectivity index (χ0n) is 40.2. The standard InChI is InChI=1S/C42H68N14O6S2.2ClH/c1-27(43-11)35(57)45-33(37(59)53-21-17-19-31(53)25-55-39(47-49-51-55)63-41(5,6)7)29(3)61-23-15-13-14-16-24-62-30(4)34(46-36(58)28(2)44-12)38(60)54-22-18-20-32(54)26-56-40(48-50-52-56)64-42(8,9)10;;/h27-34,43-44H,17-26H2,1-12H3,(H,45,57)(H,46,58);2*1H/t27-,28-,29+,30+,31-,32-,33-,34-;;/m0../s1. The number of likely N-dealkylation sites (tertiary alicyclic amines) is 2. The van der Waals surface area contributed by atoms with E-state index in [-0.39, 0.29) is 83.2 Å². The predicted molar refractivity (Wildman–Crippen MR) is 258 cm³/mol. The molecule has 2 saturated heterocycles. The molecule has 4 rings (SSSR count). The molecule has 2 aromatic heterocycles. The third kappa shape index (κ3) is 17.7. The Hall–Kier alpha value is -3.74. The molecule has 8 atom stereocenters. The number of hydrogen-bond donors (Lipinski definition) is 4. The molecular formula is C42H70Cl2N14O6S2. The van der Waals surface area contributed by atoms with Crippen molar-refractivity contribution in [1.29, 1.82) is 0 Å². The number of ether oxygens (including phenoxy) is 2. The second-order valence-electron chi connectivity index (χ2n) is 18.0. The molecule has 24 heteroatoms. The van der Waals surface area contributed by atoms with Crippen LogP contribution < -0.4 is 21.3 Å². The maximum Gasteiger partial charge on any atom is 0.248 e. The average Bonchev–Trinajstić information content (AvgIpc) is 4.07. The molecule has 0 aromatic carbocycles. The fourth-order valence-electron chi connectivity index (χ4n) is 6.98. The zero-order chi connectivity index (χ0) is 47.2. The highest BCUT2D eigenvalue weighted by molar-refractivity contribution is 8.00. The number of thioether (sulfide) groups is 2. The van der Waals surface area contributed by atoms with Gasteiger partial charge in [0.25, 0.3) is 0 Å². The van der Waals surface area contributed by atoms with Crippen molar-refractivity contribution in [2.24, 2.45) is 0 Å². The molecule has 2 aromatic rings. The number of amides is 4. The Labute approximate surface area is 410 Å². The number of nitrogens with one attached hydrogen (secondary N) is 4. The molecule has 0 spiro atoms. The maximum absolute atomic E-state index is 14.2. The molecule has 2 aliphatic heterocycles. The van der Waals surface area contributed by atoms with E-state index in [0.29, 0.717) is 36.5 Å². The first-order chi connectivity index (χ1) is 30.2. The third-order valence-electron chi connectivity index (χ3n) is 10.7. The second-order valence-corrected chi connectivity index (χ2v) is 21.6. The number of aromatic nitrogens is 8. The van der Waals surface area contributed by atoms with Gasteiger partial charge in [-0.2, -0.15) is 0 Å². The Morgan fingerprint density at radius 1 is 0.667 bits per heavy atom. The Kier molecular flexibility index (Phi) is 24.2. The van der Waals surface area contributed by atoms with Gasteiger partial charge in [-0.1, -0.05) is 76.9 Å². The summed E-state index contributed by atoms with van der Waals surface area (Å²) >= 11 is 3.11. The SMILES string of the molecule is CN[C@@H](C)C(=O)N[C@H](C(=O)N1CCC[C@H]1Cn1nnnc1SC(C)(C)C)[C@@H](C)OCC#CC#CCO[C@H](C)[C@H](NC(=O)[C@H](C)NC)C(=O)N1CCC[C@H]1Cn1nnnc1SC(C)(C)C.Cl.Cl. The molecule has 0 saturated carbocycles. The number of hydrogen-bond acceptors (Lipinski definition) is 16. The predicted octanol–water partition coefficient (Wildman–Crippen LogP) is 1.97. The Morgan fingerprint density at radius 2 is 1.03 bits per heavy atom. The fraction of sp³-hybridized carbons (Fsp3) is 0.762. The van der Waals surface area contributed by atoms with Crippen molar-refractivity contribution < 1.29 is 28.7 Å². The molecule has 2 aliphatic rings. The number of halogens is 2. The molecule has 20 nitrogen and oxygen atoms in total. The van der Waals surface area contributed by atoms with Gasteiger partial charge in [0.05, 0.1) is 49.5 Å². The van der Waals surface area contributed by atoms with E-state index >= 15 is 0 Å². The van der Waals surface area contributed by atoms with Crippen molar-refractivity contribution in [2.45, 2.75) is 176 Å². The summed E-state index contributed by atoms with van der Waals surface area (Å²) in [4.78, 5) is 58.0. The van der Waals surface area contributed by atoms with Gasteiger partial charge in [-0.3, -0.25) is 19.2 Å². The van der Waals surface area contributed by atoms with Gasteiger partial charge in [-0.05, 0) is 100 Å². The fourth-order valence-corrected chi connectivity index (χ4v) is 8.66. The topological polar surface area (TPSA) is 229 Å². The largest absolute Gasteiger partial charge is 0.363 e. The van der Waals surface area contributed by atoms with Crippen LogP contribution in [0.1, 0.15) is 94.9 Å². The summed E-state index contributed by atoms with van der Waals surface area (Å²) in [6, 6.07) is -3.37. The first kappa shape index (κ1) is 58.4. The van der Waals surface area contributed by atoms with Crippen LogP contribution >= 0.6 is 48.3 Å². The molecule has 4 amide bonds. The number of likely N-dealkylation sites (N-methyl/N-ethyl adjacent to an activating group) is 2. The number of tetrazole rings is 2. The number of rotatable bonds is 20. The van der Waals surface area contributed by atoms with E-state index in [1.54, 1.807) is 84.5 Å². The van der Waals surface area contributed by atoms with Crippen LogP contribution in [0.3, 0.4) is 0 Å². The number of nitrogens with zero attached hydrogens (tertiary/aromatic N) is 10. The average molecular weight is 1000 g/mol. The normalized spacial score (nSPS) is 18.8. The van der Waals surface area contributed by atoms with Gasteiger partial charge < -0.3 is 40.5 Å². The van der Waals surface area contributed by atoms with Crippen molar-refractivity contribution in [3.05, 3.63) is 0 Å². The zero-order valence-corrected chi connectivity index (χ0v) is 43.5. The lowest BCUT2D eigenvalue weighted by Gasteiger charge is -2.32. The molecular weight excluding hydrogens is 932 g/mol. The molecule has 2 fully saturated rings. The van der Waals surface area contributed by atoms with E-state index in [0.717, 1.165) is 25.7 Å². The summed E-state index contributed by atoms with van der Waals surface area (Å²) in [6.07, 6.45) is 1.68. The van der Waals surface area contributed by atoms with Gasteiger partial charge in [-0.15, -0.1) is 35.0 Å². The van der Waals surface area contributed by atoms with Crippen LogP contribution in [0.15, 0.2) is 10.3 Å². The van der Waals surface area contributed by atoms with Crippen molar-refractivity contribution in [3.63, 3.8) is 0 Å². The Bertz CT molecular complexity index is 1870. The number of carbonyl (C=O) groups excluding carboxylic acids is 4. The summed E-state index contributed by atoms with van der Waals surface area (Å²) in [5, 5.41) is 37.5. The molecule has 370 valence electrons. The van der Waals surface area contributed by atoms with Crippen molar-refractivity contribution in [2.75, 3.05) is 40.4 Å². The van der Waals surface area contributed by atoms with Gasteiger partial charge in [0, 0.05) is 22.6 Å². The number of carbonyl (C=O) groups is 4. The molecule has 66 heavy (non-hydrogen) atoms. The van der Waals surface area contributed by atoms with Gasteiger partial charge >= 0.3 is 0 Å². The molecule has 0 aliphatic carbocycles. The van der Waals surface area contributed by atoms with Crippen LogP contribution in [0.2, 0.25) is 0 Å². The van der Waals surface area contributed by atoms with Gasteiger partial charge in [0.2, 0.25) is 33.9 Å². The first-order valence-electron chi connectivity index (χ1n) is 21.9. The van der Waals surface area contributed by atoms with Gasteiger partial charge in [0.1, 0.15) is 25.3 Å². The lowest BCUT2D eigenvalue weighted by Crippen LogP contribution is -2.58. The first-order valence-corrected chi connectivity index (χ1v) is 23.5. The van der Waals surface area contributed by atoms with Crippen LogP contribution in [-0.4, -0.2) is 172 Å². The Morgan fingerprint density at radius 3 is 1.36 bits per heavy atom. The van der Waals surface area contributed by atoms with Crippen LogP contribution in [0.25, 0.3) is 0 Å². The van der Waals surface area contributed by atoms with E-state index in [1.807, 2.05) is 0 Å². The summed E-state index contributed by atoms with van der Waals surface area (Å²) in [5.41, 5.74) is 0. The van der Waals surface area contributed by atoms with Crippen LogP contribution in [-0.2, 0) is 41.7 Å². The molecule has 4 heterocycles. The third-order valence-corrected chi connectivity index (χ3v) is 12.9. The monoisotopic (exact) mass is 1000 g/mol. The summed E-state index contributed by atoms with van der Waals surface area (Å²) in [7, 11) is 3.35. The molecule has 4 N–H and O–H groups in total. The molecule has 0 unspecified atom stereocenters.